The standard InChI is InChI=1S/C21H21FN4O7/c1-24-8-4-6-12(20(24)29)7-5-9-25(2)21(30)14(11-23)17(27)13-10-15(26(31)32)18(28)19(33-3)16(13)22/h10,12,27-28H,4,6,8-9H2,1-3H3/b17-14-. The fraction of sp³-hybridized carbons (Fsp3) is 0.381. The van der Waals surface area contributed by atoms with Gasteiger partial charge in [-0.05, 0) is 12.8 Å². The predicted molar refractivity (Wildman–Crippen MR) is 112 cm³/mol. The Hall–Kier alpha value is -4.32. The van der Waals surface area contributed by atoms with Gasteiger partial charge >= 0.3 is 5.69 Å². The second kappa shape index (κ2) is 10.3. The Labute approximate surface area is 188 Å². The maximum Gasteiger partial charge on any atom is 0.315 e. The number of methoxy groups -OCH3 is 1. The molecular weight excluding hydrogens is 439 g/mol. The van der Waals surface area contributed by atoms with Gasteiger partial charge in [0.15, 0.2) is 11.4 Å². The van der Waals surface area contributed by atoms with Crippen LogP contribution in [-0.2, 0) is 9.59 Å². The zero-order chi connectivity index (χ0) is 24.9. The molecule has 0 spiro atoms. The van der Waals surface area contributed by atoms with Gasteiger partial charge in [-0.1, -0.05) is 11.8 Å². The van der Waals surface area contributed by atoms with Gasteiger partial charge in [-0.2, -0.15) is 5.26 Å². The van der Waals surface area contributed by atoms with Crippen LogP contribution in [0, 0.1) is 45.0 Å². The number of phenolic OH excluding ortho intramolecular Hbond substituents is 1. The number of aliphatic hydroxyl groups is 1. The van der Waals surface area contributed by atoms with Gasteiger partial charge in [0.2, 0.25) is 17.4 Å². The number of likely N-dealkylation sites (tertiary alicyclic amines) is 1. The minimum Gasteiger partial charge on any atom is -0.506 e. The van der Waals surface area contributed by atoms with E-state index in [9.17, 15) is 39.6 Å². The molecule has 1 fully saturated rings. The summed E-state index contributed by atoms with van der Waals surface area (Å²) in [5.74, 6) is -0.836. The maximum atomic E-state index is 14.7. The fourth-order valence-electron chi connectivity index (χ4n) is 3.16. The third-order valence-electron chi connectivity index (χ3n) is 4.99. The molecule has 12 heteroatoms. The van der Waals surface area contributed by atoms with Crippen molar-refractivity contribution in [2.75, 3.05) is 34.3 Å². The van der Waals surface area contributed by atoms with Crippen LogP contribution >= 0.6 is 0 Å². The SMILES string of the molecule is COc1c(O)c([N+](=O)[O-])cc(/C(O)=C(\C#N)C(=O)N(C)CC#CC2CCCN(C)C2=O)c1F. The lowest BCUT2D eigenvalue weighted by molar-refractivity contribution is -0.386. The molecule has 2 rings (SSSR count). The molecule has 0 saturated carbocycles. The Kier molecular flexibility index (Phi) is 7.81. The number of hydrogen-bond donors (Lipinski definition) is 2. The number of halogens is 1. The first kappa shape index (κ1) is 24.9. The number of aliphatic hydroxyl groups excluding tert-OH is 1. The Morgan fingerprint density at radius 3 is 2.76 bits per heavy atom. The van der Waals surface area contributed by atoms with Crippen LogP contribution in [0.15, 0.2) is 11.6 Å². The average molecular weight is 460 g/mol. The molecule has 0 bridgehead atoms. The van der Waals surface area contributed by atoms with Crippen LogP contribution < -0.4 is 4.74 Å². The zero-order valence-corrected chi connectivity index (χ0v) is 18.1. The molecule has 0 radical (unpaired) electrons. The van der Waals surface area contributed by atoms with Gasteiger partial charge in [-0.15, -0.1) is 0 Å². The zero-order valence-electron chi connectivity index (χ0n) is 18.1. The molecule has 33 heavy (non-hydrogen) atoms. The summed E-state index contributed by atoms with van der Waals surface area (Å²) < 4.78 is 19.3. The highest BCUT2D eigenvalue weighted by atomic mass is 19.1. The van der Waals surface area contributed by atoms with Crippen LogP contribution in [-0.4, -0.2) is 71.0 Å². The second-order valence-electron chi connectivity index (χ2n) is 7.17. The Bertz CT molecular complexity index is 1130. The van der Waals surface area contributed by atoms with Crippen LogP contribution in [0.3, 0.4) is 0 Å². The van der Waals surface area contributed by atoms with E-state index in [1.54, 1.807) is 11.9 Å². The van der Waals surface area contributed by atoms with E-state index in [1.165, 1.54) is 13.1 Å². The summed E-state index contributed by atoms with van der Waals surface area (Å²) in [5.41, 5.74) is -2.79. The van der Waals surface area contributed by atoms with Crippen LogP contribution in [0.5, 0.6) is 11.5 Å². The first-order valence-corrected chi connectivity index (χ1v) is 9.61. The number of carbonyl (C=O) groups excluding carboxylic acids is 2. The maximum absolute atomic E-state index is 14.7. The fourth-order valence-corrected chi connectivity index (χ4v) is 3.16. The van der Waals surface area contributed by atoms with Crippen molar-refractivity contribution in [3.63, 3.8) is 0 Å². The quantitative estimate of drug-likeness (QED) is 0.167. The van der Waals surface area contributed by atoms with E-state index >= 15 is 0 Å². The molecule has 2 N–H and O–H groups in total. The molecule has 1 aliphatic heterocycles. The number of rotatable bonds is 5. The van der Waals surface area contributed by atoms with Gasteiger partial charge in [0.05, 0.1) is 30.1 Å². The van der Waals surface area contributed by atoms with Gasteiger partial charge in [0, 0.05) is 26.7 Å². The average Bonchev–Trinajstić information content (AvgIpc) is 2.77. The first-order chi connectivity index (χ1) is 15.5. The van der Waals surface area contributed by atoms with Crippen molar-refractivity contribution in [3.05, 3.63) is 33.1 Å². The van der Waals surface area contributed by atoms with Crippen molar-refractivity contribution in [1.82, 2.24) is 9.80 Å². The molecule has 1 aromatic rings. The molecule has 1 saturated heterocycles. The van der Waals surface area contributed by atoms with E-state index in [0.29, 0.717) is 19.0 Å². The van der Waals surface area contributed by atoms with E-state index in [4.69, 9.17) is 0 Å². The molecule has 11 nitrogen and oxygen atoms in total. The molecular formula is C21H21FN4O7. The molecule has 1 aromatic carbocycles. The number of nitro benzene ring substituents is 1. The minimum absolute atomic E-state index is 0.128. The van der Waals surface area contributed by atoms with Crippen molar-refractivity contribution in [1.29, 1.82) is 5.26 Å². The van der Waals surface area contributed by atoms with E-state index in [1.807, 2.05) is 0 Å². The van der Waals surface area contributed by atoms with Crippen LogP contribution in [0.25, 0.3) is 5.76 Å². The molecule has 174 valence electrons. The third kappa shape index (κ3) is 5.13. The first-order valence-electron chi connectivity index (χ1n) is 9.61. The number of nitrogens with zero attached hydrogens (tertiary/aromatic N) is 4. The van der Waals surface area contributed by atoms with E-state index in [-0.39, 0.29) is 12.5 Å². The molecule has 0 aliphatic carbocycles. The summed E-state index contributed by atoms with van der Waals surface area (Å²) in [6.07, 6.45) is 1.37. The van der Waals surface area contributed by atoms with E-state index < -0.39 is 56.6 Å². The number of benzene rings is 1. The van der Waals surface area contributed by atoms with Crippen molar-refractivity contribution in [2.24, 2.45) is 5.92 Å². The van der Waals surface area contributed by atoms with Gasteiger partial charge in [0.1, 0.15) is 11.8 Å². The van der Waals surface area contributed by atoms with Gasteiger partial charge in [-0.25, -0.2) is 4.39 Å². The van der Waals surface area contributed by atoms with Crippen molar-refractivity contribution < 1.29 is 33.9 Å². The number of phenols is 1. The molecule has 1 heterocycles. The topological polar surface area (TPSA) is 157 Å². The highest BCUT2D eigenvalue weighted by Crippen LogP contribution is 2.41. The number of aromatic hydroxyl groups is 1. The summed E-state index contributed by atoms with van der Waals surface area (Å²) in [7, 11) is 3.87. The van der Waals surface area contributed by atoms with Crippen LogP contribution in [0.2, 0.25) is 0 Å². The number of amides is 2. The molecule has 1 unspecified atom stereocenters. The Morgan fingerprint density at radius 1 is 1.52 bits per heavy atom. The summed E-state index contributed by atoms with van der Waals surface area (Å²) in [5, 5.41) is 40.7. The monoisotopic (exact) mass is 460 g/mol. The van der Waals surface area contributed by atoms with Crippen LogP contribution in [0.4, 0.5) is 10.1 Å². The summed E-state index contributed by atoms with van der Waals surface area (Å²) in [6.45, 7) is 0.439. The minimum atomic E-state index is -1.40. The number of nitriles is 1. The molecule has 2 amide bonds. The molecule has 0 aromatic heterocycles. The Balaban J connectivity index is 2.36. The van der Waals surface area contributed by atoms with Crippen molar-refractivity contribution in [2.45, 2.75) is 12.8 Å². The number of nitro groups is 1. The van der Waals surface area contributed by atoms with Gasteiger partial charge < -0.3 is 24.7 Å². The second-order valence-corrected chi connectivity index (χ2v) is 7.17. The largest absolute Gasteiger partial charge is 0.506 e. The predicted octanol–water partition coefficient (Wildman–Crippen LogP) is 1.57. The smallest absolute Gasteiger partial charge is 0.315 e. The molecule has 1 atom stereocenters. The Morgan fingerprint density at radius 2 is 2.18 bits per heavy atom. The van der Waals surface area contributed by atoms with Crippen molar-refractivity contribution in [3.8, 4) is 29.4 Å². The van der Waals surface area contributed by atoms with Crippen LogP contribution in [0.1, 0.15) is 18.4 Å². The number of piperidine rings is 1. The highest BCUT2D eigenvalue weighted by molar-refractivity contribution is 6.03. The lowest BCUT2D eigenvalue weighted by atomic mass is 9.98. The number of ether oxygens (including phenoxy) is 1. The third-order valence-corrected chi connectivity index (χ3v) is 4.99. The molecule has 1 aliphatic rings. The number of carbonyl (C=O) groups is 2. The summed E-state index contributed by atoms with van der Waals surface area (Å²) in [4.78, 5) is 37.3. The normalized spacial score (nSPS) is 16.2. The van der Waals surface area contributed by atoms with Crippen molar-refractivity contribution >= 4 is 23.3 Å². The number of hydrogen-bond acceptors (Lipinski definition) is 8. The van der Waals surface area contributed by atoms with Gasteiger partial charge in [-0.3, -0.25) is 19.7 Å². The lowest BCUT2D eigenvalue weighted by Gasteiger charge is -2.26. The van der Waals surface area contributed by atoms with E-state index in [2.05, 4.69) is 16.6 Å². The summed E-state index contributed by atoms with van der Waals surface area (Å²) in [6, 6.07) is 1.94. The highest BCUT2D eigenvalue weighted by Gasteiger charge is 2.30. The number of likely N-dealkylation sites (N-methyl/N-ethyl adjacent to an activating group) is 1. The van der Waals surface area contributed by atoms with E-state index in [0.717, 1.165) is 18.4 Å². The van der Waals surface area contributed by atoms with Gasteiger partial charge in [0.25, 0.3) is 5.91 Å². The lowest BCUT2D eigenvalue weighted by Crippen LogP contribution is -2.37. The summed E-state index contributed by atoms with van der Waals surface area (Å²) >= 11 is 0.